The van der Waals surface area contributed by atoms with Crippen molar-refractivity contribution >= 4 is 38.9 Å². The van der Waals surface area contributed by atoms with E-state index in [1.54, 1.807) is 13.0 Å². The number of likely N-dealkylation sites (tertiary alicyclic amines) is 1. The van der Waals surface area contributed by atoms with Gasteiger partial charge in [-0.05, 0) is 68.5 Å². The molecule has 2 aromatic rings. The minimum Gasteiger partial charge on any atom is -0.348 e. The second-order valence-electron chi connectivity index (χ2n) is 11.5. The van der Waals surface area contributed by atoms with Gasteiger partial charge in [0.1, 0.15) is 0 Å². The van der Waals surface area contributed by atoms with Crippen LogP contribution in [-0.4, -0.2) is 49.5 Å². The van der Waals surface area contributed by atoms with E-state index in [2.05, 4.69) is 0 Å². The summed E-state index contributed by atoms with van der Waals surface area (Å²) in [5.41, 5.74) is 1.14. The van der Waals surface area contributed by atoms with Gasteiger partial charge in [0.25, 0.3) is 0 Å². The number of carbonyl (C=O) groups is 1. The summed E-state index contributed by atoms with van der Waals surface area (Å²) in [6.07, 6.45) is 3.00. The first-order valence-corrected chi connectivity index (χ1v) is 16.3. The number of hydrogen-bond acceptors (Lipinski definition) is 5. The Kier molecular flexibility index (Phi) is 9.42. The summed E-state index contributed by atoms with van der Waals surface area (Å²) in [4.78, 5) is 16.6. The highest BCUT2D eigenvalue weighted by Crippen LogP contribution is 2.53. The van der Waals surface area contributed by atoms with Gasteiger partial charge in [-0.1, -0.05) is 74.3 Å². The Morgan fingerprint density at radius 1 is 1.05 bits per heavy atom. The average molecular weight is 609 g/mol. The zero-order valence-corrected chi connectivity index (χ0v) is 26.1. The fourth-order valence-electron chi connectivity index (χ4n) is 6.03. The van der Waals surface area contributed by atoms with Crippen molar-refractivity contribution in [2.24, 2.45) is 5.41 Å². The molecule has 40 heavy (non-hydrogen) atoms. The molecular weight excluding hydrogens is 569 g/mol. The minimum absolute atomic E-state index is 0.00779. The van der Waals surface area contributed by atoms with Gasteiger partial charge >= 0.3 is 0 Å². The van der Waals surface area contributed by atoms with E-state index in [0.29, 0.717) is 35.9 Å². The van der Waals surface area contributed by atoms with Crippen LogP contribution < -0.4 is 0 Å². The molecule has 2 aliphatic heterocycles. The molecule has 4 rings (SSSR count). The number of nitrogens with zero attached hydrogens (tertiary/aromatic N) is 1. The quantitative estimate of drug-likeness (QED) is 0.298. The van der Waals surface area contributed by atoms with Gasteiger partial charge in [-0.25, -0.2) is 8.42 Å². The number of hydrogen-bond donors (Lipinski definition) is 0. The first-order chi connectivity index (χ1) is 18.8. The van der Waals surface area contributed by atoms with Crippen LogP contribution in [0.5, 0.6) is 0 Å². The Morgan fingerprint density at radius 3 is 2.33 bits per heavy atom. The van der Waals surface area contributed by atoms with E-state index < -0.39 is 27.1 Å². The van der Waals surface area contributed by atoms with Crippen LogP contribution in [0.4, 0.5) is 0 Å². The summed E-state index contributed by atoms with van der Waals surface area (Å²) < 4.78 is 36.9. The first-order valence-electron chi connectivity index (χ1n) is 13.8. The van der Waals surface area contributed by atoms with E-state index in [4.69, 9.17) is 32.7 Å². The van der Waals surface area contributed by atoms with Gasteiger partial charge in [0.15, 0.2) is 15.6 Å². The van der Waals surface area contributed by atoms with E-state index in [0.717, 1.165) is 11.1 Å². The maximum atomic E-state index is 14.7. The third kappa shape index (κ3) is 6.93. The van der Waals surface area contributed by atoms with Crippen LogP contribution in [0.3, 0.4) is 0 Å². The van der Waals surface area contributed by atoms with Crippen molar-refractivity contribution in [1.82, 2.24) is 4.90 Å². The number of ether oxygens (including phenoxy) is 2. The lowest BCUT2D eigenvalue weighted by atomic mass is 9.66. The molecule has 6 nitrogen and oxygen atoms in total. The van der Waals surface area contributed by atoms with Gasteiger partial charge in [0, 0.05) is 26.8 Å². The normalized spacial score (nSPS) is 27.8. The van der Waals surface area contributed by atoms with Crippen molar-refractivity contribution < 1.29 is 22.7 Å². The second-order valence-corrected chi connectivity index (χ2v) is 14.6. The summed E-state index contributed by atoms with van der Waals surface area (Å²) in [6, 6.07) is 14.5. The van der Waals surface area contributed by atoms with Crippen molar-refractivity contribution in [3.63, 3.8) is 0 Å². The fraction of sp³-hybridized carbons (Fsp3) is 0.516. The molecule has 0 radical (unpaired) electrons. The van der Waals surface area contributed by atoms with Gasteiger partial charge in [-0.3, -0.25) is 4.79 Å². The van der Waals surface area contributed by atoms with E-state index >= 15 is 0 Å². The van der Waals surface area contributed by atoms with Crippen LogP contribution in [0.15, 0.2) is 60.0 Å². The zero-order valence-electron chi connectivity index (χ0n) is 23.8. The Labute approximate surface area is 248 Å². The van der Waals surface area contributed by atoms with Crippen LogP contribution in [0, 0.1) is 5.41 Å². The number of sulfone groups is 1. The molecule has 0 spiro atoms. The Morgan fingerprint density at radius 2 is 1.75 bits per heavy atom. The number of rotatable bonds is 9. The lowest BCUT2D eigenvalue weighted by Gasteiger charge is -2.52. The summed E-state index contributed by atoms with van der Waals surface area (Å²) >= 11 is 12.7. The molecule has 1 amide bonds. The molecule has 5 atom stereocenters. The predicted octanol–water partition coefficient (Wildman–Crippen LogP) is 7.33. The molecule has 0 bridgehead atoms. The predicted molar refractivity (Wildman–Crippen MR) is 160 cm³/mol. The first kappa shape index (κ1) is 31.0. The molecule has 0 N–H and O–H groups in total. The van der Waals surface area contributed by atoms with Gasteiger partial charge in [-0.15, -0.1) is 0 Å². The molecule has 2 heterocycles. The smallest absolute Gasteiger partial charge is 0.229 e. The molecular formula is C31H39Cl2NO5S. The van der Waals surface area contributed by atoms with Crippen LogP contribution in [0.2, 0.25) is 10.0 Å². The Bertz CT molecular complexity index is 1340. The molecule has 0 aliphatic carbocycles. The highest BCUT2D eigenvalue weighted by molar-refractivity contribution is 7.94. The molecule has 2 saturated heterocycles. The topological polar surface area (TPSA) is 72.9 Å². The van der Waals surface area contributed by atoms with Crippen LogP contribution in [0.25, 0.3) is 0 Å². The fourth-order valence-corrected chi connectivity index (χ4v) is 6.97. The lowest BCUT2D eigenvalue weighted by molar-refractivity contribution is -0.161. The largest absolute Gasteiger partial charge is 0.348 e. The van der Waals surface area contributed by atoms with E-state index in [1.165, 1.54) is 5.41 Å². The van der Waals surface area contributed by atoms with Crippen molar-refractivity contribution in [1.29, 1.82) is 0 Å². The third-order valence-electron chi connectivity index (χ3n) is 8.02. The highest BCUT2D eigenvalue weighted by atomic mass is 35.5. The standard InChI is InChI=1S/C31H39Cl2NO5S/c1-6-25(15-16-40(36,37)7-2)34-28(21-11-13-23(32)14-12-21)27(22-9-8-10-24(33)17-22)19-31(5,29(34)35)18-26-20-38-30(3,4)39-26/h8-17,25-28H,6-7,18-20H2,1-5H3/b16-15+/t25-,26?,27+,28+,31-/m0/s1. The van der Waals surface area contributed by atoms with Gasteiger partial charge < -0.3 is 14.4 Å². The number of benzene rings is 2. The minimum atomic E-state index is -3.39. The van der Waals surface area contributed by atoms with Crippen molar-refractivity contribution in [2.75, 3.05) is 12.4 Å². The number of amides is 1. The number of halogens is 2. The number of piperidine rings is 1. The molecule has 218 valence electrons. The molecule has 9 heteroatoms. The second kappa shape index (κ2) is 12.1. The average Bonchev–Trinajstić information content (AvgIpc) is 3.24. The maximum absolute atomic E-state index is 14.7. The zero-order chi connectivity index (χ0) is 29.3. The Balaban J connectivity index is 1.87. The van der Waals surface area contributed by atoms with Gasteiger partial charge in [0.05, 0.1) is 30.5 Å². The lowest BCUT2D eigenvalue weighted by Crippen LogP contribution is -2.56. The monoisotopic (exact) mass is 607 g/mol. The van der Waals surface area contributed by atoms with E-state index in [9.17, 15) is 13.2 Å². The summed E-state index contributed by atoms with van der Waals surface area (Å²) in [6.45, 7) is 9.73. The Hall–Kier alpha value is -1.90. The van der Waals surface area contributed by atoms with Crippen LogP contribution in [0.1, 0.15) is 77.0 Å². The van der Waals surface area contributed by atoms with Gasteiger partial charge in [0.2, 0.25) is 5.91 Å². The number of carbonyl (C=O) groups excluding carboxylic acids is 1. The molecule has 2 aromatic carbocycles. The van der Waals surface area contributed by atoms with Crippen molar-refractivity contribution in [3.05, 3.63) is 81.2 Å². The van der Waals surface area contributed by atoms with E-state index in [1.807, 2.05) is 81.1 Å². The highest BCUT2D eigenvalue weighted by Gasteiger charge is 2.53. The van der Waals surface area contributed by atoms with Crippen LogP contribution >= 0.6 is 23.2 Å². The van der Waals surface area contributed by atoms with Gasteiger partial charge in [-0.2, -0.15) is 0 Å². The third-order valence-corrected chi connectivity index (χ3v) is 9.89. The van der Waals surface area contributed by atoms with Crippen LogP contribution in [-0.2, 0) is 24.1 Å². The SMILES string of the molecule is CC[C@@H](/C=C/S(=O)(=O)CC)N1C(=O)[C@@](C)(CC2COC(C)(C)O2)C[C@H](c2cccc(Cl)c2)[C@H]1c1ccc(Cl)cc1. The molecule has 2 aliphatic rings. The van der Waals surface area contributed by atoms with E-state index in [-0.39, 0.29) is 29.7 Å². The summed E-state index contributed by atoms with van der Waals surface area (Å²) in [7, 11) is -3.39. The van der Waals surface area contributed by atoms with Crippen molar-refractivity contribution in [2.45, 2.75) is 83.8 Å². The molecule has 2 fully saturated rings. The summed E-state index contributed by atoms with van der Waals surface area (Å²) in [5.74, 6) is -0.876. The molecule has 0 aromatic heterocycles. The molecule has 0 saturated carbocycles. The molecule has 1 unspecified atom stereocenters. The maximum Gasteiger partial charge on any atom is 0.229 e. The summed E-state index contributed by atoms with van der Waals surface area (Å²) in [5, 5.41) is 2.47. The van der Waals surface area contributed by atoms with Crippen molar-refractivity contribution in [3.8, 4) is 0 Å².